The van der Waals surface area contributed by atoms with Crippen LogP contribution >= 0.6 is 11.6 Å². The fourth-order valence-electron chi connectivity index (χ4n) is 3.29. The summed E-state index contributed by atoms with van der Waals surface area (Å²) in [5.74, 6) is 1.37. The molecule has 1 atom stereocenters. The van der Waals surface area contributed by atoms with Crippen LogP contribution in [0.2, 0.25) is 5.02 Å². The number of nitrogens with zero attached hydrogens (tertiary/aromatic N) is 2. The Bertz CT molecular complexity index is 900. The number of rotatable bonds is 7. The molecule has 1 unspecified atom stereocenters. The molecule has 1 aliphatic rings. The Hall–Kier alpha value is -3.11. The van der Waals surface area contributed by atoms with Gasteiger partial charge in [0.1, 0.15) is 17.6 Å². The van der Waals surface area contributed by atoms with Crippen LogP contribution in [0.25, 0.3) is 0 Å². The minimum atomic E-state index is -0.224. The molecular weight excluding hydrogens is 392 g/mol. The minimum absolute atomic E-state index is 0.00698. The van der Waals surface area contributed by atoms with E-state index in [0.717, 1.165) is 30.0 Å². The molecule has 3 rings (SSSR count). The maximum atomic E-state index is 12.3. The van der Waals surface area contributed by atoms with Gasteiger partial charge < -0.3 is 25.0 Å². The number of hydrogen-bond donors (Lipinski definition) is 2. The van der Waals surface area contributed by atoms with E-state index in [4.69, 9.17) is 26.3 Å². The molecule has 1 saturated heterocycles. The van der Waals surface area contributed by atoms with Crippen LogP contribution < -0.4 is 25.0 Å². The van der Waals surface area contributed by atoms with Crippen molar-refractivity contribution in [2.24, 2.45) is 0 Å². The topological polar surface area (TPSA) is 86.6 Å². The van der Waals surface area contributed by atoms with Gasteiger partial charge in [-0.15, -0.1) is 0 Å². The summed E-state index contributed by atoms with van der Waals surface area (Å²) in [5.41, 5.74) is 1.83. The van der Waals surface area contributed by atoms with Gasteiger partial charge in [0.25, 0.3) is 0 Å². The summed E-state index contributed by atoms with van der Waals surface area (Å²) < 4.78 is 10.7. The molecule has 2 aromatic carbocycles. The quantitative estimate of drug-likeness (QED) is 0.725. The first-order valence-corrected chi connectivity index (χ1v) is 9.68. The fraction of sp³-hybridized carbons (Fsp3) is 0.333. The number of ether oxygens (including phenoxy) is 2. The van der Waals surface area contributed by atoms with Crippen LogP contribution in [0.1, 0.15) is 12.0 Å². The van der Waals surface area contributed by atoms with Crippen LogP contribution in [0.4, 0.5) is 10.5 Å². The number of methoxy groups -OCH3 is 1. The molecule has 0 saturated carbocycles. The Morgan fingerprint density at radius 3 is 3.00 bits per heavy atom. The number of anilines is 1. The van der Waals surface area contributed by atoms with E-state index in [2.05, 4.69) is 15.5 Å². The molecule has 2 aromatic rings. The van der Waals surface area contributed by atoms with Crippen molar-refractivity contribution in [2.45, 2.75) is 19.0 Å². The third-order valence-corrected chi connectivity index (χ3v) is 4.90. The molecular formula is C21H23ClN4O3. The van der Waals surface area contributed by atoms with Gasteiger partial charge in [-0.1, -0.05) is 23.7 Å². The van der Waals surface area contributed by atoms with E-state index in [9.17, 15) is 4.79 Å². The molecule has 0 bridgehead atoms. The summed E-state index contributed by atoms with van der Waals surface area (Å²) in [6.45, 7) is 1.85. The lowest BCUT2D eigenvalue weighted by Crippen LogP contribution is -2.43. The Kier molecular flexibility index (Phi) is 7.04. The Balaban J connectivity index is 1.50. The average molecular weight is 415 g/mol. The van der Waals surface area contributed by atoms with Crippen LogP contribution in [0.15, 0.2) is 42.5 Å². The SMILES string of the molecule is COc1ccc(Cl)cc1N1CCC(NC(=O)NCc2cccc(OCC#N)c2)C1. The zero-order valence-corrected chi connectivity index (χ0v) is 16.9. The molecule has 0 spiro atoms. The van der Waals surface area contributed by atoms with Crippen LogP contribution in [0.5, 0.6) is 11.5 Å². The Morgan fingerprint density at radius 2 is 2.21 bits per heavy atom. The molecule has 1 aliphatic heterocycles. The average Bonchev–Trinajstić information content (AvgIpc) is 3.19. The highest BCUT2D eigenvalue weighted by Crippen LogP contribution is 2.33. The second kappa shape index (κ2) is 9.89. The van der Waals surface area contributed by atoms with Gasteiger partial charge in [-0.2, -0.15) is 5.26 Å². The van der Waals surface area contributed by atoms with E-state index in [1.54, 1.807) is 25.3 Å². The number of urea groups is 1. The number of nitrogens with one attached hydrogen (secondary N) is 2. The number of amides is 2. The number of carbonyl (C=O) groups excluding carboxylic acids is 1. The highest BCUT2D eigenvalue weighted by atomic mass is 35.5. The van der Waals surface area contributed by atoms with E-state index >= 15 is 0 Å². The third kappa shape index (κ3) is 5.69. The van der Waals surface area contributed by atoms with Crippen molar-refractivity contribution >= 4 is 23.3 Å². The van der Waals surface area contributed by atoms with E-state index in [1.807, 2.05) is 30.3 Å². The van der Waals surface area contributed by atoms with E-state index in [1.165, 1.54) is 0 Å². The molecule has 2 N–H and O–H groups in total. The van der Waals surface area contributed by atoms with Gasteiger partial charge in [-0.25, -0.2) is 4.79 Å². The minimum Gasteiger partial charge on any atom is -0.495 e. The molecule has 0 aromatic heterocycles. The van der Waals surface area contributed by atoms with Gasteiger partial charge in [0.05, 0.1) is 12.8 Å². The summed E-state index contributed by atoms with van der Waals surface area (Å²) >= 11 is 6.12. The number of halogens is 1. The molecule has 0 aliphatic carbocycles. The zero-order chi connectivity index (χ0) is 20.6. The van der Waals surface area contributed by atoms with Crippen molar-refractivity contribution < 1.29 is 14.3 Å². The van der Waals surface area contributed by atoms with Gasteiger partial charge in [-0.05, 0) is 42.3 Å². The van der Waals surface area contributed by atoms with Crippen molar-refractivity contribution in [3.63, 3.8) is 0 Å². The standard InChI is InChI=1S/C21H23ClN4O3/c1-28-20-6-5-16(22)12-19(20)26-9-7-17(14-26)25-21(27)24-13-15-3-2-4-18(11-15)29-10-8-23/h2-6,11-12,17H,7,9-10,13-14H2,1H3,(H2,24,25,27). The fourth-order valence-corrected chi connectivity index (χ4v) is 3.45. The Labute approximate surface area is 175 Å². The molecule has 8 heteroatoms. The van der Waals surface area contributed by atoms with Gasteiger partial charge in [0, 0.05) is 30.7 Å². The number of benzene rings is 2. The molecule has 0 radical (unpaired) electrons. The van der Waals surface area contributed by atoms with Crippen molar-refractivity contribution in [1.29, 1.82) is 5.26 Å². The molecule has 2 amide bonds. The largest absolute Gasteiger partial charge is 0.495 e. The summed E-state index contributed by atoms with van der Waals surface area (Å²) in [5, 5.41) is 15.1. The van der Waals surface area contributed by atoms with Crippen molar-refractivity contribution in [3.05, 3.63) is 53.1 Å². The summed E-state index contributed by atoms with van der Waals surface area (Å²) in [4.78, 5) is 14.4. The predicted octanol–water partition coefficient (Wildman–Crippen LogP) is 3.33. The number of hydrogen-bond acceptors (Lipinski definition) is 5. The van der Waals surface area contributed by atoms with Gasteiger partial charge in [-0.3, -0.25) is 0 Å². The summed E-state index contributed by atoms with van der Waals surface area (Å²) in [6.07, 6.45) is 0.834. The van der Waals surface area contributed by atoms with E-state index in [0.29, 0.717) is 23.9 Å². The summed E-state index contributed by atoms with van der Waals surface area (Å²) in [7, 11) is 1.63. The van der Waals surface area contributed by atoms with Crippen LogP contribution in [-0.4, -0.2) is 38.9 Å². The smallest absolute Gasteiger partial charge is 0.315 e. The molecule has 1 heterocycles. The maximum absolute atomic E-state index is 12.3. The second-order valence-corrected chi connectivity index (χ2v) is 7.11. The van der Waals surface area contributed by atoms with Gasteiger partial charge in [0.15, 0.2) is 6.61 Å². The first-order chi connectivity index (χ1) is 14.1. The monoisotopic (exact) mass is 414 g/mol. The zero-order valence-electron chi connectivity index (χ0n) is 16.2. The third-order valence-electron chi connectivity index (χ3n) is 4.66. The lowest BCUT2D eigenvalue weighted by atomic mass is 10.2. The molecule has 1 fully saturated rings. The van der Waals surface area contributed by atoms with Crippen molar-refractivity contribution in [2.75, 3.05) is 31.7 Å². The highest BCUT2D eigenvalue weighted by molar-refractivity contribution is 6.30. The maximum Gasteiger partial charge on any atom is 0.315 e. The number of carbonyl (C=O) groups is 1. The molecule has 152 valence electrons. The predicted molar refractivity (Wildman–Crippen MR) is 112 cm³/mol. The van der Waals surface area contributed by atoms with Crippen LogP contribution in [0.3, 0.4) is 0 Å². The van der Waals surface area contributed by atoms with Crippen molar-refractivity contribution in [3.8, 4) is 17.6 Å². The van der Waals surface area contributed by atoms with E-state index in [-0.39, 0.29) is 18.7 Å². The lowest BCUT2D eigenvalue weighted by molar-refractivity contribution is 0.237. The van der Waals surface area contributed by atoms with Gasteiger partial charge in [0.2, 0.25) is 0 Å². The van der Waals surface area contributed by atoms with Crippen LogP contribution in [-0.2, 0) is 6.54 Å². The first-order valence-electron chi connectivity index (χ1n) is 9.30. The van der Waals surface area contributed by atoms with Crippen molar-refractivity contribution in [1.82, 2.24) is 10.6 Å². The molecule has 29 heavy (non-hydrogen) atoms. The Morgan fingerprint density at radius 1 is 1.34 bits per heavy atom. The molecule has 7 nitrogen and oxygen atoms in total. The highest BCUT2D eigenvalue weighted by Gasteiger charge is 2.26. The normalized spacial score (nSPS) is 15.5. The van der Waals surface area contributed by atoms with Gasteiger partial charge >= 0.3 is 6.03 Å². The van der Waals surface area contributed by atoms with E-state index < -0.39 is 0 Å². The second-order valence-electron chi connectivity index (χ2n) is 6.67. The number of nitriles is 1. The van der Waals surface area contributed by atoms with Crippen LogP contribution in [0, 0.1) is 11.3 Å². The first kappa shape index (κ1) is 20.6. The summed E-state index contributed by atoms with van der Waals surface area (Å²) in [6, 6.07) is 14.6. The lowest BCUT2D eigenvalue weighted by Gasteiger charge is -2.22.